The molecule has 0 aromatic heterocycles. The Morgan fingerprint density at radius 3 is 2.32 bits per heavy atom. The minimum atomic E-state index is 0.784. The van der Waals surface area contributed by atoms with Crippen molar-refractivity contribution in [3.05, 3.63) is 63.1 Å². The minimum absolute atomic E-state index is 0.784. The molecule has 0 aliphatic carbocycles. The molecule has 0 spiro atoms. The summed E-state index contributed by atoms with van der Waals surface area (Å²) in [5.41, 5.74) is 5.38. The Morgan fingerprint density at radius 1 is 1.00 bits per heavy atom. The van der Waals surface area contributed by atoms with E-state index in [1.165, 1.54) is 22.3 Å². The van der Waals surface area contributed by atoms with Crippen LogP contribution in [0.25, 0.3) is 0 Å². The molecule has 1 nitrogen and oxygen atoms in total. The number of benzene rings is 2. The highest BCUT2D eigenvalue weighted by Gasteiger charge is 2.08. The zero-order chi connectivity index (χ0) is 15.9. The SMILES string of the molecule is CCCCOc1cc(C)c(Cc2ccc(CC)cc2)cc1Br. The average molecular weight is 361 g/mol. The van der Waals surface area contributed by atoms with Crippen molar-refractivity contribution in [3.63, 3.8) is 0 Å². The zero-order valence-electron chi connectivity index (χ0n) is 13.8. The standard InChI is InChI=1S/C20H25BrO/c1-4-6-11-22-20-12-15(3)18(14-19(20)21)13-17-9-7-16(5-2)8-10-17/h7-10,12,14H,4-6,11,13H2,1-3H3. The van der Waals surface area contributed by atoms with Crippen molar-refractivity contribution in [2.75, 3.05) is 6.61 Å². The van der Waals surface area contributed by atoms with Gasteiger partial charge in [-0.3, -0.25) is 0 Å². The van der Waals surface area contributed by atoms with Gasteiger partial charge >= 0.3 is 0 Å². The van der Waals surface area contributed by atoms with Gasteiger partial charge in [0, 0.05) is 0 Å². The zero-order valence-corrected chi connectivity index (χ0v) is 15.4. The average Bonchev–Trinajstić information content (AvgIpc) is 2.53. The molecule has 0 amide bonds. The Hall–Kier alpha value is -1.28. The van der Waals surface area contributed by atoms with Crippen molar-refractivity contribution in [2.24, 2.45) is 0 Å². The normalized spacial score (nSPS) is 10.7. The number of aryl methyl sites for hydroxylation is 2. The Balaban J connectivity index is 2.12. The Bertz CT molecular complexity index is 602. The van der Waals surface area contributed by atoms with E-state index in [2.05, 4.69) is 73.1 Å². The van der Waals surface area contributed by atoms with E-state index in [0.29, 0.717) is 0 Å². The fourth-order valence-electron chi connectivity index (χ4n) is 2.44. The molecule has 22 heavy (non-hydrogen) atoms. The maximum atomic E-state index is 5.85. The van der Waals surface area contributed by atoms with Crippen LogP contribution in [0.3, 0.4) is 0 Å². The van der Waals surface area contributed by atoms with Crippen LogP contribution in [0.1, 0.15) is 48.9 Å². The number of ether oxygens (including phenoxy) is 1. The molecule has 2 aromatic carbocycles. The molecule has 0 radical (unpaired) electrons. The van der Waals surface area contributed by atoms with Crippen LogP contribution >= 0.6 is 15.9 Å². The van der Waals surface area contributed by atoms with Gasteiger partial charge in [-0.25, -0.2) is 0 Å². The van der Waals surface area contributed by atoms with Crippen molar-refractivity contribution in [1.29, 1.82) is 0 Å². The molecule has 2 heteroatoms. The predicted molar refractivity (Wildman–Crippen MR) is 97.9 cm³/mol. The third-order valence-electron chi connectivity index (χ3n) is 3.97. The lowest BCUT2D eigenvalue weighted by atomic mass is 9.99. The summed E-state index contributed by atoms with van der Waals surface area (Å²) in [6.07, 6.45) is 4.30. The molecule has 0 heterocycles. The van der Waals surface area contributed by atoms with E-state index < -0.39 is 0 Å². The monoisotopic (exact) mass is 360 g/mol. The van der Waals surface area contributed by atoms with Gasteiger partial charge in [0.25, 0.3) is 0 Å². The minimum Gasteiger partial charge on any atom is -0.492 e. The Kier molecular flexibility index (Phi) is 6.50. The summed E-state index contributed by atoms with van der Waals surface area (Å²) >= 11 is 3.64. The summed E-state index contributed by atoms with van der Waals surface area (Å²) in [6.45, 7) is 7.31. The lowest BCUT2D eigenvalue weighted by molar-refractivity contribution is 0.307. The molecule has 2 aromatic rings. The van der Waals surface area contributed by atoms with Crippen molar-refractivity contribution in [1.82, 2.24) is 0 Å². The van der Waals surface area contributed by atoms with E-state index in [9.17, 15) is 0 Å². The molecule has 0 aliphatic heterocycles. The number of rotatable bonds is 7. The van der Waals surface area contributed by atoms with E-state index >= 15 is 0 Å². The first-order valence-electron chi connectivity index (χ1n) is 8.13. The summed E-state index contributed by atoms with van der Waals surface area (Å²) in [6, 6.07) is 13.3. The van der Waals surface area contributed by atoms with Crippen LogP contribution in [-0.2, 0) is 12.8 Å². The molecule has 0 bridgehead atoms. The van der Waals surface area contributed by atoms with Crippen molar-refractivity contribution >= 4 is 15.9 Å². The number of halogens is 1. The van der Waals surface area contributed by atoms with Crippen LogP contribution in [0.2, 0.25) is 0 Å². The van der Waals surface area contributed by atoms with E-state index in [0.717, 1.165) is 42.5 Å². The largest absolute Gasteiger partial charge is 0.492 e. The topological polar surface area (TPSA) is 9.23 Å². The fraction of sp³-hybridized carbons (Fsp3) is 0.400. The molecule has 0 unspecified atom stereocenters. The van der Waals surface area contributed by atoms with Crippen LogP contribution < -0.4 is 4.74 Å². The third kappa shape index (κ3) is 4.61. The van der Waals surface area contributed by atoms with Crippen molar-refractivity contribution in [2.45, 2.75) is 46.5 Å². The van der Waals surface area contributed by atoms with E-state index in [-0.39, 0.29) is 0 Å². The summed E-state index contributed by atoms with van der Waals surface area (Å²) in [5, 5.41) is 0. The predicted octanol–water partition coefficient (Wildman–Crippen LogP) is 6.09. The number of unbranched alkanes of at least 4 members (excludes halogenated alkanes) is 1. The van der Waals surface area contributed by atoms with Gasteiger partial charge in [-0.05, 0) is 76.5 Å². The van der Waals surface area contributed by atoms with Gasteiger partial charge in [0.05, 0.1) is 11.1 Å². The van der Waals surface area contributed by atoms with Crippen LogP contribution in [0.4, 0.5) is 0 Å². The lowest BCUT2D eigenvalue weighted by Gasteiger charge is -2.13. The maximum Gasteiger partial charge on any atom is 0.133 e. The summed E-state index contributed by atoms with van der Waals surface area (Å²) in [5.74, 6) is 0.955. The first kappa shape index (κ1) is 17.1. The second-order valence-electron chi connectivity index (χ2n) is 5.76. The molecular formula is C20H25BrO. The second kappa shape index (κ2) is 8.38. The van der Waals surface area contributed by atoms with Crippen LogP contribution in [0, 0.1) is 6.92 Å². The van der Waals surface area contributed by atoms with E-state index in [1.54, 1.807) is 0 Å². The van der Waals surface area contributed by atoms with Gasteiger partial charge in [-0.2, -0.15) is 0 Å². The third-order valence-corrected chi connectivity index (χ3v) is 4.59. The molecule has 0 N–H and O–H groups in total. The first-order valence-corrected chi connectivity index (χ1v) is 8.93. The van der Waals surface area contributed by atoms with Gasteiger partial charge in [0.2, 0.25) is 0 Å². The van der Waals surface area contributed by atoms with E-state index in [1.807, 2.05) is 0 Å². The van der Waals surface area contributed by atoms with Gasteiger partial charge < -0.3 is 4.74 Å². The molecule has 0 saturated heterocycles. The van der Waals surface area contributed by atoms with Gasteiger partial charge in [-0.15, -0.1) is 0 Å². The summed E-state index contributed by atoms with van der Waals surface area (Å²) < 4.78 is 6.90. The molecule has 2 rings (SSSR count). The fourth-order valence-corrected chi connectivity index (χ4v) is 2.94. The molecule has 0 fully saturated rings. The smallest absolute Gasteiger partial charge is 0.133 e. The van der Waals surface area contributed by atoms with Crippen LogP contribution in [0.15, 0.2) is 40.9 Å². The Morgan fingerprint density at radius 2 is 1.68 bits per heavy atom. The van der Waals surface area contributed by atoms with Crippen LogP contribution in [0.5, 0.6) is 5.75 Å². The highest BCUT2D eigenvalue weighted by molar-refractivity contribution is 9.10. The number of hydrogen-bond donors (Lipinski definition) is 0. The highest BCUT2D eigenvalue weighted by Crippen LogP contribution is 2.30. The molecule has 0 atom stereocenters. The first-order chi connectivity index (χ1) is 10.6. The quantitative estimate of drug-likeness (QED) is 0.542. The maximum absolute atomic E-state index is 5.85. The lowest BCUT2D eigenvalue weighted by Crippen LogP contribution is -1.99. The number of hydrogen-bond acceptors (Lipinski definition) is 1. The summed E-state index contributed by atoms with van der Waals surface area (Å²) in [4.78, 5) is 0. The molecule has 0 aliphatic rings. The van der Waals surface area contributed by atoms with Crippen molar-refractivity contribution in [3.8, 4) is 5.75 Å². The second-order valence-corrected chi connectivity index (χ2v) is 6.61. The molecule has 0 saturated carbocycles. The van der Waals surface area contributed by atoms with E-state index in [4.69, 9.17) is 4.74 Å². The van der Waals surface area contributed by atoms with Crippen LogP contribution in [-0.4, -0.2) is 6.61 Å². The van der Waals surface area contributed by atoms with Crippen molar-refractivity contribution < 1.29 is 4.74 Å². The highest BCUT2D eigenvalue weighted by atomic mass is 79.9. The molecular weight excluding hydrogens is 336 g/mol. The Labute approximate surface area is 142 Å². The van der Waals surface area contributed by atoms with Gasteiger partial charge in [0.15, 0.2) is 0 Å². The van der Waals surface area contributed by atoms with Gasteiger partial charge in [-0.1, -0.05) is 44.5 Å². The molecule has 118 valence electrons. The van der Waals surface area contributed by atoms with Gasteiger partial charge in [0.1, 0.15) is 5.75 Å². The summed E-state index contributed by atoms with van der Waals surface area (Å²) in [7, 11) is 0.